The van der Waals surface area contributed by atoms with Crippen LogP contribution in [0.1, 0.15) is 31.2 Å². The van der Waals surface area contributed by atoms with Crippen LogP contribution in [0.4, 0.5) is 4.79 Å². The van der Waals surface area contributed by atoms with Crippen LogP contribution in [0.3, 0.4) is 0 Å². The molecule has 5 heteroatoms. The van der Waals surface area contributed by atoms with Crippen LogP contribution in [-0.4, -0.2) is 34.0 Å². The lowest BCUT2D eigenvalue weighted by Crippen LogP contribution is -2.55. The molecule has 0 saturated carbocycles. The average molecular weight is 307 g/mol. The number of thioether (sulfide) groups is 1. The number of nitrogens with one attached hydrogen (secondary N) is 1. The number of carbonyl (C=O) groups is 1. The minimum atomic E-state index is -1.20. The molecule has 1 aromatic carbocycles. The van der Waals surface area contributed by atoms with Gasteiger partial charge in [-0.1, -0.05) is 42.1 Å². The van der Waals surface area contributed by atoms with Gasteiger partial charge in [0.25, 0.3) is 5.24 Å². The summed E-state index contributed by atoms with van der Waals surface area (Å²) < 4.78 is 5.96. The van der Waals surface area contributed by atoms with Gasteiger partial charge in [0.2, 0.25) is 0 Å². The van der Waals surface area contributed by atoms with Gasteiger partial charge in [0.15, 0.2) is 5.79 Å². The van der Waals surface area contributed by atoms with Crippen LogP contribution in [0.5, 0.6) is 0 Å². The molecule has 114 valence electrons. The van der Waals surface area contributed by atoms with Crippen LogP contribution in [0.25, 0.3) is 0 Å². The number of rotatable bonds is 4. The third-order valence-corrected chi connectivity index (χ3v) is 5.13. The normalized spacial score (nSPS) is 32.9. The van der Waals surface area contributed by atoms with Crippen LogP contribution in [0.2, 0.25) is 0 Å². The molecule has 0 bridgehead atoms. The van der Waals surface area contributed by atoms with Crippen molar-refractivity contribution in [2.45, 2.75) is 50.0 Å². The molecule has 2 saturated heterocycles. The second-order valence-electron chi connectivity index (χ2n) is 5.80. The van der Waals surface area contributed by atoms with Crippen LogP contribution in [0, 0.1) is 0 Å². The number of amides is 1. The van der Waals surface area contributed by atoms with Crippen LogP contribution in [0.15, 0.2) is 30.3 Å². The van der Waals surface area contributed by atoms with Crippen molar-refractivity contribution in [1.29, 1.82) is 0 Å². The first-order valence-corrected chi connectivity index (χ1v) is 8.52. The molecule has 2 aliphatic heterocycles. The van der Waals surface area contributed by atoms with Gasteiger partial charge in [-0.05, 0) is 31.2 Å². The predicted molar refractivity (Wildman–Crippen MR) is 83.2 cm³/mol. The number of carbonyl (C=O) groups excluding carboxylic acids is 1. The Morgan fingerprint density at radius 2 is 2.19 bits per heavy atom. The highest BCUT2D eigenvalue weighted by atomic mass is 32.2. The first-order chi connectivity index (χ1) is 10.2. The lowest BCUT2D eigenvalue weighted by atomic mass is 9.93. The van der Waals surface area contributed by atoms with E-state index in [0.717, 1.165) is 25.7 Å². The molecule has 21 heavy (non-hydrogen) atoms. The van der Waals surface area contributed by atoms with Crippen molar-refractivity contribution in [2.24, 2.45) is 0 Å². The summed E-state index contributed by atoms with van der Waals surface area (Å²) in [5.41, 5.74) is 1.29. The van der Waals surface area contributed by atoms with E-state index >= 15 is 0 Å². The molecule has 3 rings (SSSR count). The first-order valence-electron chi connectivity index (χ1n) is 7.53. The number of aryl methyl sites for hydroxylation is 1. The van der Waals surface area contributed by atoms with Crippen molar-refractivity contribution in [3.05, 3.63) is 35.9 Å². The van der Waals surface area contributed by atoms with E-state index in [9.17, 15) is 9.90 Å². The average Bonchev–Trinajstić information content (AvgIpc) is 2.94. The van der Waals surface area contributed by atoms with E-state index in [-0.39, 0.29) is 17.4 Å². The van der Waals surface area contributed by atoms with Crippen molar-refractivity contribution in [1.82, 2.24) is 5.32 Å². The summed E-state index contributed by atoms with van der Waals surface area (Å²) in [5, 5.41) is 13.4. The maximum atomic E-state index is 11.3. The predicted octanol–water partition coefficient (Wildman–Crippen LogP) is 2.70. The van der Waals surface area contributed by atoms with Crippen molar-refractivity contribution in [2.75, 3.05) is 5.75 Å². The zero-order chi connectivity index (χ0) is 14.7. The molecule has 3 atom stereocenters. The SMILES string of the molecule is O=C1N[C@H]([C@@]2(O)CCC[C@H](CCc3ccccc3)O2)CS1. The zero-order valence-corrected chi connectivity index (χ0v) is 12.8. The summed E-state index contributed by atoms with van der Waals surface area (Å²) in [6.07, 6.45) is 4.43. The Morgan fingerprint density at radius 3 is 2.90 bits per heavy atom. The molecule has 1 aromatic rings. The van der Waals surface area contributed by atoms with Gasteiger partial charge in [-0.3, -0.25) is 4.79 Å². The van der Waals surface area contributed by atoms with Crippen molar-refractivity contribution in [3.8, 4) is 0 Å². The van der Waals surface area contributed by atoms with Crippen LogP contribution in [-0.2, 0) is 11.2 Å². The molecule has 0 aromatic heterocycles. The number of aliphatic hydroxyl groups is 1. The van der Waals surface area contributed by atoms with E-state index in [0.29, 0.717) is 12.2 Å². The van der Waals surface area contributed by atoms with Gasteiger partial charge in [0.05, 0.1) is 12.1 Å². The summed E-state index contributed by atoms with van der Waals surface area (Å²) in [4.78, 5) is 11.3. The third-order valence-electron chi connectivity index (χ3n) is 4.25. The summed E-state index contributed by atoms with van der Waals surface area (Å²) in [6, 6.07) is 10.0. The maximum Gasteiger partial charge on any atom is 0.279 e. The lowest BCUT2D eigenvalue weighted by Gasteiger charge is -2.40. The van der Waals surface area contributed by atoms with Crippen LogP contribution >= 0.6 is 11.8 Å². The molecule has 4 nitrogen and oxygen atoms in total. The molecule has 2 aliphatic rings. The van der Waals surface area contributed by atoms with Gasteiger partial charge >= 0.3 is 0 Å². The molecule has 0 aliphatic carbocycles. The van der Waals surface area contributed by atoms with Gasteiger partial charge in [-0.15, -0.1) is 0 Å². The van der Waals surface area contributed by atoms with Gasteiger partial charge < -0.3 is 15.2 Å². The Balaban J connectivity index is 1.56. The highest BCUT2D eigenvalue weighted by Gasteiger charge is 2.45. The fraction of sp³-hybridized carbons (Fsp3) is 0.562. The van der Waals surface area contributed by atoms with Crippen molar-refractivity contribution in [3.63, 3.8) is 0 Å². The van der Waals surface area contributed by atoms with Gasteiger partial charge in [-0.25, -0.2) is 0 Å². The molecule has 0 radical (unpaired) electrons. The smallest absolute Gasteiger partial charge is 0.279 e. The summed E-state index contributed by atoms with van der Waals surface area (Å²) in [7, 11) is 0. The molecule has 1 amide bonds. The first kappa shape index (κ1) is 14.9. The maximum absolute atomic E-state index is 11.3. The molecule has 2 N–H and O–H groups in total. The number of benzene rings is 1. The molecule has 0 unspecified atom stereocenters. The topological polar surface area (TPSA) is 58.6 Å². The van der Waals surface area contributed by atoms with E-state index in [1.54, 1.807) is 0 Å². The Kier molecular flexibility index (Phi) is 4.52. The number of hydrogen-bond donors (Lipinski definition) is 2. The summed E-state index contributed by atoms with van der Waals surface area (Å²) >= 11 is 1.22. The monoisotopic (exact) mass is 307 g/mol. The highest BCUT2D eigenvalue weighted by molar-refractivity contribution is 8.14. The molecule has 0 spiro atoms. The van der Waals surface area contributed by atoms with Gasteiger partial charge in [-0.2, -0.15) is 0 Å². The van der Waals surface area contributed by atoms with E-state index in [1.807, 2.05) is 18.2 Å². The third kappa shape index (κ3) is 3.59. The minimum absolute atomic E-state index is 0.0615. The molecular weight excluding hydrogens is 286 g/mol. The lowest BCUT2D eigenvalue weighted by molar-refractivity contribution is -0.264. The zero-order valence-electron chi connectivity index (χ0n) is 12.0. The Hall–Kier alpha value is -1.04. The second kappa shape index (κ2) is 6.38. The number of ether oxygens (including phenoxy) is 1. The summed E-state index contributed by atoms with van der Waals surface area (Å²) in [6.45, 7) is 0. The highest BCUT2D eigenvalue weighted by Crippen LogP contribution is 2.34. The van der Waals surface area contributed by atoms with Crippen molar-refractivity contribution >= 4 is 17.0 Å². The summed E-state index contributed by atoms with van der Waals surface area (Å²) in [5.74, 6) is -0.612. The Labute approximate surface area is 129 Å². The molecule has 2 fully saturated rings. The fourth-order valence-electron chi connectivity index (χ4n) is 3.05. The molecular formula is C16H21NO3S. The molecule has 2 heterocycles. The van der Waals surface area contributed by atoms with E-state index in [2.05, 4.69) is 17.4 Å². The number of hydrogen-bond acceptors (Lipinski definition) is 4. The Bertz CT molecular complexity index is 496. The minimum Gasteiger partial charge on any atom is -0.364 e. The van der Waals surface area contributed by atoms with Gasteiger partial charge in [0.1, 0.15) is 0 Å². The van der Waals surface area contributed by atoms with Crippen LogP contribution < -0.4 is 5.32 Å². The van der Waals surface area contributed by atoms with E-state index in [1.165, 1.54) is 17.3 Å². The van der Waals surface area contributed by atoms with E-state index in [4.69, 9.17) is 4.74 Å². The largest absolute Gasteiger partial charge is 0.364 e. The van der Waals surface area contributed by atoms with Gasteiger partial charge in [0, 0.05) is 12.2 Å². The Morgan fingerprint density at radius 1 is 1.38 bits per heavy atom. The van der Waals surface area contributed by atoms with Crippen molar-refractivity contribution < 1.29 is 14.6 Å². The second-order valence-corrected chi connectivity index (χ2v) is 6.79. The fourth-order valence-corrected chi connectivity index (χ4v) is 3.94. The van der Waals surface area contributed by atoms with E-state index < -0.39 is 5.79 Å². The standard InChI is InChI=1S/C16H21NO3S/c18-15-17-14(11-21-15)16(19)10-4-7-13(20-16)9-8-12-5-2-1-3-6-12/h1-3,5-6,13-14,19H,4,7-11H2,(H,17,18)/t13-,14+,16-/m1/s1. The quantitative estimate of drug-likeness (QED) is 0.898.